The highest BCUT2D eigenvalue weighted by Crippen LogP contribution is 2.41. The zero-order chi connectivity index (χ0) is 36.2. The first kappa shape index (κ1) is 35.8. The summed E-state index contributed by atoms with van der Waals surface area (Å²) in [6.07, 6.45) is 3.42. The molecule has 2 aromatic rings. The Kier molecular flexibility index (Phi) is 10.6. The molecule has 4 aliphatic rings. The van der Waals surface area contributed by atoms with Gasteiger partial charge in [0.2, 0.25) is 11.8 Å². The number of urea groups is 2. The van der Waals surface area contributed by atoms with E-state index in [-0.39, 0.29) is 31.4 Å². The third-order valence-corrected chi connectivity index (χ3v) is 11.0. The molecule has 0 saturated carbocycles. The lowest BCUT2D eigenvalue weighted by Crippen LogP contribution is -2.61. The molecule has 1 atom stereocenters. The lowest BCUT2D eigenvalue weighted by molar-refractivity contribution is -0.139. The van der Waals surface area contributed by atoms with Gasteiger partial charge in [-0.05, 0) is 62.8 Å². The number of nitrogens with zero attached hydrogens (tertiary/aromatic N) is 6. The number of carbonyl (C=O) groups excluding carboxylic acids is 4. The zero-order valence-corrected chi connectivity index (χ0v) is 29.6. The number of hydrogen-bond donors (Lipinski definition) is 3. The van der Waals surface area contributed by atoms with Gasteiger partial charge in [0.1, 0.15) is 17.1 Å². The minimum Gasteiger partial charge on any atom is -0.480 e. The summed E-state index contributed by atoms with van der Waals surface area (Å²) in [6.45, 7) is 7.31. The van der Waals surface area contributed by atoms with E-state index in [1.54, 1.807) is 9.80 Å². The van der Waals surface area contributed by atoms with E-state index in [0.717, 1.165) is 24.2 Å². The van der Waals surface area contributed by atoms with Crippen LogP contribution in [0.2, 0.25) is 0 Å². The van der Waals surface area contributed by atoms with E-state index < -0.39 is 35.2 Å². The minimum absolute atomic E-state index is 0.0615. The normalized spacial score (nSPS) is 20.4. The van der Waals surface area contributed by atoms with Gasteiger partial charge in [0.15, 0.2) is 0 Å². The van der Waals surface area contributed by atoms with E-state index in [2.05, 4.69) is 20.4 Å². The SMILES string of the molecule is CCCN1CN(c2ccccc2)C2(CCN(C(=O)NCC(NC(=O)N3CCC4(CC3)C(=O)N(CCC)CN4c3ccccc3)C(=O)O)CC2)C1=O. The van der Waals surface area contributed by atoms with Crippen molar-refractivity contribution in [1.82, 2.24) is 30.2 Å². The Balaban J connectivity index is 1.03. The van der Waals surface area contributed by atoms with Crippen LogP contribution in [-0.4, -0.2) is 131 Å². The summed E-state index contributed by atoms with van der Waals surface area (Å²) in [6, 6.07) is 17.3. The van der Waals surface area contributed by atoms with Gasteiger partial charge in [-0.1, -0.05) is 50.2 Å². The number of carbonyl (C=O) groups is 5. The van der Waals surface area contributed by atoms with Crippen LogP contribution in [0.1, 0.15) is 52.4 Å². The molecule has 51 heavy (non-hydrogen) atoms. The molecule has 0 aliphatic carbocycles. The van der Waals surface area contributed by atoms with Crippen LogP contribution >= 0.6 is 0 Å². The predicted octanol–water partition coefficient (Wildman–Crippen LogP) is 2.96. The van der Waals surface area contributed by atoms with Gasteiger partial charge in [0.25, 0.3) is 0 Å². The van der Waals surface area contributed by atoms with Crippen LogP contribution in [0.15, 0.2) is 60.7 Å². The fourth-order valence-corrected chi connectivity index (χ4v) is 8.19. The molecule has 0 aromatic heterocycles. The number of para-hydroxylation sites is 2. The predicted molar refractivity (Wildman–Crippen MR) is 192 cm³/mol. The highest BCUT2D eigenvalue weighted by atomic mass is 16.4. The fraction of sp³-hybridized carbons (Fsp3) is 0.541. The van der Waals surface area contributed by atoms with Crippen LogP contribution in [0.25, 0.3) is 0 Å². The first-order valence-electron chi connectivity index (χ1n) is 18.2. The van der Waals surface area contributed by atoms with Gasteiger partial charge in [0, 0.05) is 50.6 Å². The van der Waals surface area contributed by atoms with Gasteiger partial charge in [-0.2, -0.15) is 0 Å². The second kappa shape index (κ2) is 15.1. The quantitative estimate of drug-likeness (QED) is 0.343. The summed E-state index contributed by atoms with van der Waals surface area (Å²) in [5.74, 6) is -1.13. The molecule has 6 rings (SSSR count). The molecule has 6 amide bonds. The summed E-state index contributed by atoms with van der Waals surface area (Å²) < 4.78 is 0. The van der Waals surface area contributed by atoms with Crippen molar-refractivity contribution in [2.24, 2.45) is 0 Å². The lowest BCUT2D eigenvalue weighted by atomic mass is 9.85. The van der Waals surface area contributed by atoms with Gasteiger partial charge < -0.3 is 45.1 Å². The van der Waals surface area contributed by atoms with Gasteiger partial charge in [0.05, 0.1) is 19.9 Å². The maximum Gasteiger partial charge on any atom is 0.328 e. The Morgan fingerprint density at radius 1 is 0.686 bits per heavy atom. The third-order valence-electron chi connectivity index (χ3n) is 11.0. The molecule has 14 nitrogen and oxygen atoms in total. The average Bonchev–Trinajstić information content (AvgIpc) is 3.56. The molecule has 2 spiro atoms. The van der Waals surface area contributed by atoms with Crippen LogP contribution in [0.4, 0.5) is 21.0 Å². The molecule has 4 fully saturated rings. The summed E-state index contributed by atoms with van der Waals surface area (Å²) >= 11 is 0. The second-order valence-electron chi connectivity index (χ2n) is 14.0. The van der Waals surface area contributed by atoms with Gasteiger partial charge in [-0.3, -0.25) is 9.59 Å². The van der Waals surface area contributed by atoms with Crippen LogP contribution in [0.3, 0.4) is 0 Å². The van der Waals surface area contributed by atoms with Gasteiger partial charge in [-0.25, -0.2) is 14.4 Å². The van der Waals surface area contributed by atoms with Gasteiger partial charge >= 0.3 is 18.0 Å². The van der Waals surface area contributed by atoms with E-state index in [9.17, 15) is 29.1 Å². The molecule has 4 heterocycles. The Hall–Kier alpha value is -5.01. The van der Waals surface area contributed by atoms with Crippen molar-refractivity contribution in [3.8, 4) is 0 Å². The molecule has 3 N–H and O–H groups in total. The van der Waals surface area contributed by atoms with Gasteiger partial charge in [-0.15, -0.1) is 0 Å². The first-order valence-corrected chi connectivity index (χ1v) is 18.2. The number of piperidine rings is 2. The molecule has 274 valence electrons. The topological polar surface area (TPSA) is 149 Å². The van der Waals surface area contributed by atoms with Crippen LogP contribution in [-0.2, 0) is 14.4 Å². The number of aliphatic carboxylic acids is 1. The smallest absolute Gasteiger partial charge is 0.328 e. The monoisotopic (exact) mass is 702 g/mol. The highest BCUT2D eigenvalue weighted by molar-refractivity contribution is 5.95. The van der Waals surface area contributed by atoms with Crippen LogP contribution in [0.5, 0.6) is 0 Å². The van der Waals surface area contributed by atoms with Crippen molar-refractivity contribution in [3.05, 3.63) is 60.7 Å². The number of hydrogen-bond acceptors (Lipinski definition) is 7. The van der Waals surface area contributed by atoms with E-state index in [1.165, 1.54) is 0 Å². The Morgan fingerprint density at radius 2 is 1.10 bits per heavy atom. The molecule has 0 radical (unpaired) electrons. The largest absolute Gasteiger partial charge is 0.480 e. The molecule has 4 aliphatic heterocycles. The van der Waals surface area contributed by atoms with E-state index >= 15 is 0 Å². The Morgan fingerprint density at radius 3 is 1.49 bits per heavy atom. The number of amides is 6. The Bertz CT molecular complexity index is 1580. The fourth-order valence-electron chi connectivity index (χ4n) is 8.19. The van der Waals surface area contributed by atoms with E-state index in [1.807, 2.05) is 84.3 Å². The summed E-state index contributed by atoms with van der Waals surface area (Å²) in [7, 11) is 0. The lowest BCUT2D eigenvalue weighted by Gasteiger charge is -2.43. The van der Waals surface area contributed by atoms with E-state index in [4.69, 9.17) is 0 Å². The molecule has 14 heteroatoms. The van der Waals surface area contributed by atoms with Crippen molar-refractivity contribution in [2.45, 2.75) is 69.5 Å². The number of carboxylic acid groups (broad SMARTS) is 1. The number of rotatable bonds is 10. The second-order valence-corrected chi connectivity index (χ2v) is 14.0. The standard InChI is InChI=1S/C37H50N8O6/c1-3-19-42-26-44(28-11-7-5-8-12-28)36(32(42)48)15-21-40(22-16-36)34(50)38-25-30(31(46)47)39-35(51)41-23-17-37(18-24-41)33(49)43(20-4-2)27-45(37)29-13-9-6-10-14-29/h5-14,30H,3-4,15-27H2,1-2H3,(H,38,50)(H,39,51)(H,46,47). The van der Waals surface area contributed by atoms with Crippen LogP contribution in [0, 0.1) is 0 Å². The maximum absolute atomic E-state index is 13.7. The molecule has 1 unspecified atom stereocenters. The summed E-state index contributed by atoms with van der Waals surface area (Å²) in [5.41, 5.74) is 0.409. The number of likely N-dealkylation sites (tertiary alicyclic amines) is 2. The van der Waals surface area contributed by atoms with Crippen molar-refractivity contribution >= 4 is 41.2 Å². The summed E-state index contributed by atoms with van der Waals surface area (Å²) in [5, 5.41) is 15.2. The molecule has 2 aromatic carbocycles. The van der Waals surface area contributed by atoms with Crippen LogP contribution < -0.4 is 20.4 Å². The van der Waals surface area contributed by atoms with Crippen molar-refractivity contribution in [3.63, 3.8) is 0 Å². The highest BCUT2D eigenvalue weighted by Gasteiger charge is 2.55. The third kappa shape index (κ3) is 6.87. The first-order chi connectivity index (χ1) is 24.6. The van der Waals surface area contributed by atoms with Crippen molar-refractivity contribution in [1.29, 1.82) is 0 Å². The molecular formula is C37H50N8O6. The number of benzene rings is 2. The zero-order valence-electron chi connectivity index (χ0n) is 29.6. The number of nitrogens with one attached hydrogen (secondary N) is 2. The molecular weight excluding hydrogens is 652 g/mol. The summed E-state index contributed by atoms with van der Waals surface area (Å²) in [4.78, 5) is 77.4. The minimum atomic E-state index is -1.35. The average molecular weight is 703 g/mol. The van der Waals surface area contributed by atoms with Crippen molar-refractivity contribution < 1.29 is 29.1 Å². The maximum atomic E-state index is 13.7. The Labute approximate surface area is 299 Å². The molecule has 0 bridgehead atoms. The number of anilines is 2. The van der Waals surface area contributed by atoms with E-state index in [0.29, 0.717) is 65.2 Å². The number of carboxylic acids is 1. The molecule has 4 saturated heterocycles. The van der Waals surface area contributed by atoms with Crippen molar-refractivity contribution in [2.75, 3.05) is 69.0 Å².